The number of anilines is 5. The predicted molar refractivity (Wildman–Crippen MR) is 258 cm³/mol. The van der Waals surface area contributed by atoms with Crippen molar-refractivity contribution in [1.82, 2.24) is 20.1 Å². The Hall–Kier alpha value is -7.16. The number of nitrogens with two attached hydrogens (primary N) is 1. The van der Waals surface area contributed by atoms with Gasteiger partial charge in [0.05, 0.1) is 43.1 Å². The summed E-state index contributed by atoms with van der Waals surface area (Å²) < 4.78 is 44.4. The molecule has 67 heavy (non-hydrogen) atoms. The molecule has 356 valence electrons. The van der Waals surface area contributed by atoms with Gasteiger partial charge < -0.3 is 51.2 Å². The zero-order valence-electron chi connectivity index (χ0n) is 38.3. The fraction of sp³-hybridized carbons (Fsp3) is 0.340. The molecule has 1 saturated heterocycles. The molecule has 0 radical (unpaired) electrons. The maximum atomic E-state index is 13.6. The molecular formula is C47H57N9O10S. The van der Waals surface area contributed by atoms with Gasteiger partial charge in [0, 0.05) is 80.5 Å². The van der Waals surface area contributed by atoms with E-state index in [0.29, 0.717) is 90.0 Å². The highest BCUT2D eigenvalue weighted by atomic mass is 32.2. The van der Waals surface area contributed by atoms with E-state index >= 15 is 0 Å². The van der Waals surface area contributed by atoms with Crippen LogP contribution in [0.15, 0.2) is 85.1 Å². The SMILES string of the molecule is COc1cc(Nc2cc(Oc3ccc(NC(=O)Nc4cc(C(C)(C)C)cc(NS(C)(=O)=O)c4OC)c4ccccc34)ccn2)ccc1C(=O)NCCN1CCN(C(=O)CC[C@H](N)C(=O)O)CC1. The number of carboxylic acids is 1. The summed E-state index contributed by atoms with van der Waals surface area (Å²) in [6.45, 7) is 9.15. The van der Waals surface area contributed by atoms with Gasteiger partial charge in [-0.15, -0.1) is 0 Å². The van der Waals surface area contributed by atoms with Crippen molar-refractivity contribution >= 4 is 73.2 Å². The number of aliphatic carboxylic acids is 1. The lowest BCUT2D eigenvalue weighted by atomic mass is 9.86. The smallest absolute Gasteiger partial charge is 0.323 e. The molecule has 1 aromatic heterocycles. The molecule has 1 aliphatic rings. The Bertz CT molecular complexity index is 2740. The molecule has 1 aliphatic heterocycles. The number of piperazine rings is 1. The third-order valence-electron chi connectivity index (χ3n) is 10.9. The Balaban J connectivity index is 1.06. The Morgan fingerprint density at radius 3 is 2.22 bits per heavy atom. The van der Waals surface area contributed by atoms with Crippen LogP contribution in [-0.2, 0) is 25.0 Å². The average molecular weight is 940 g/mol. The summed E-state index contributed by atoms with van der Waals surface area (Å²) in [5, 5.41) is 22.3. The third kappa shape index (κ3) is 13.2. The maximum absolute atomic E-state index is 13.6. The van der Waals surface area contributed by atoms with Crippen molar-refractivity contribution in [3.05, 3.63) is 96.2 Å². The van der Waals surface area contributed by atoms with E-state index in [0.717, 1.165) is 11.8 Å². The predicted octanol–water partition coefficient (Wildman–Crippen LogP) is 6.17. The first-order valence-corrected chi connectivity index (χ1v) is 23.4. The lowest BCUT2D eigenvalue weighted by Gasteiger charge is -2.34. The molecule has 0 saturated carbocycles. The van der Waals surface area contributed by atoms with E-state index < -0.39 is 28.1 Å². The average Bonchev–Trinajstić information content (AvgIpc) is 3.28. The van der Waals surface area contributed by atoms with Crippen LogP contribution in [0.2, 0.25) is 0 Å². The van der Waals surface area contributed by atoms with Crippen LogP contribution in [0.25, 0.3) is 10.8 Å². The van der Waals surface area contributed by atoms with Crippen molar-refractivity contribution in [2.24, 2.45) is 5.73 Å². The van der Waals surface area contributed by atoms with E-state index in [1.165, 1.54) is 14.2 Å². The van der Waals surface area contributed by atoms with Gasteiger partial charge in [0.15, 0.2) is 5.75 Å². The third-order valence-corrected chi connectivity index (χ3v) is 11.5. The topological polar surface area (TPSA) is 256 Å². The minimum atomic E-state index is -3.66. The first kappa shape index (κ1) is 49.3. The Morgan fingerprint density at radius 2 is 1.55 bits per heavy atom. The van der Waals surface area contributed by atoms with Gasteiger partial charge in [0.25, 0.3) is 5.91 Å². The van der Waals surface area contributed by atoms with Crippen LogP contribution in [0, 0.1) is 0 Å². The Labute approximate surface area is 389 Å². The van der Waals surface area contributed by atoms with E-state index in [4.69, 9.17) is 25.1 Å². The van der Waals surface area contributed by atoms with Crippen molar-refractivity contribution < 1.29 is 46.9 Å². The molecule has 2 heterocycles. The molecule has 19 nitrogen and oxygen atoms in total. The number of aromatic nitrogens is 1. The Morgan fingerprint density at radius 1 is 0.851 bits per heavy atom. The number of hydrogen-bond acceptors (Lipinski definition) is 13. The van der Waals surface area contributed by atoms with Gasteiger partial charge >= 0.3 is 12.0 Å². The number of urea groups is 1. The number of sulfonamides is 1. The first-order chi connectivity index (χ1) is 31.8. The van der Waals surface area contributed by atoms with Crippen LogP contribution >= 0.6 is 0 Å². The van der Waals surface area contributed by atoms with Crippen LogP contribution in [0.1, 0.15) is 49.5 Å². The lowest BCUT2D eigenvalue weighted by molar-refractivity contribution is -0.139. The van der Waals surface area contributed by atoms with Crippen molar-refractivity contribution in [3.63, 3.8) is 0 Å². The van der Waals surface area contributed by atoms with Gasteiger partial charge in [-0.05, 0) is 59.9 Å². The zero-order chi connectivity index (χ0) is 48.5. The normalized spacial score (nSPS) is 13.6. The number of amides is 4. The van der Waals surface area contributed by atoms with Gasteiger partial charge in [-0.3, -0.25) is 24.0 Å². The lowest BCUT2D eigenvalue weighted by Crippen LogP contribution is -2.50. The zero-order valence-corrected chi connectivity index (χ0v) is 39.1. The fourth-order valence-corrected chi connectivity index (χ4v) is 7.93. The number of ether oxygens (including phenoxy) is 3. The maximum Gasteiger partial charge on any atom is 0.323 e. The van der Waals surface area contributed by atoms with E-state index in [2.05, 4.69) is 35.9 Å². The van der Waals surface area contributed by atoms with Gasteiger partial charge in [-0.25, -0.2) is 18.2 Å². The number of nitrogens with zero attached hydrogens (tertiary/aromatic N) is 3. The highest BCUT2D eigenvalue weighted by molar-refractivity contribution is 7.92. The van der Waals surface area contributed by atoms with Crippen molar-refractivity contribution in [1.29, 1.82) is 0 Å². The quantitative estimate of drug-likeness (QED) is 0.0519. The van der Waals surface area contributed by atoms with Gasteiger partial charge in [-0.2, -0.15) is 0 Å². The molecular weight excluding hydrogens is 883 g/mol. The monoisotopic (exact) mass is 939 g/mol. The molecule has 4 aromatic carbocycles. The summed E-state index contributed by atoms with van der Waals surface area (Å²) >= 11 is 0. The number of pyridine rings is 1. The van der Waals surface area contributed by atoms with Crippen molar-refractivity contribution in [2.45, 2.75) is 45.1 Å². The number of carbonyl (C=O) groups excluding carboxylic acids is 3. The second-order valence-electron chi connectivity index (χ2n) is 16.9. The van der Waals surface area contributed by atoms with Crippen LogP contribution in [0.3, 0.4) is 0 Å². The van der Waals surface area contributed by atoms with Crippen molar-refractivity contribution in [2.75, 3.05) is 80.4 Å². The largest absolute Gasteiger partial charge is 0.496 e. The molecule has 1 atom stereocenters. The molecule has 0 aliphatic carbocycles. The molecule has 5 aromatic rings. The second-order valence-corrected chi connectivity index (χ2v) is 18.7. The summed E-state index contributed by atoms with van der Waals surface area (Å²) in [7, 11) is -0.786. The summed E-state index contributed by atoms with van der Waals surface area (Å²) in [5.74, 6) is 0.405. The number of fused-ring (bicyclic) bond motifs is 1. The van der Waals surface area contributed by atoms with Gasteiger partial charge in [0.2, 0.25) is 15.9 Å². The standard InChI is InChI=1S/C47H57N9O10S/c1-47(2,3)29-25-37(43(65-5)38(26-29)54-67(6,62)63)53-46(61)52-36-14-15-39(33-10-8-7-9-32(33)36)66-31-17-18-49-41(28-31)51-30-11-12-34(40(27-30)64-4)44(58)50-19-20-55-21-23-56(24-22-55)42(57)16-13-35(48)45(59)60/h7-12,14-15,17-18,25-28,35,54H,13,16,19-24,48H2,1-6H3,(H,49,51)(H,50,58)(H,59,60)(H2,52,53,61)/t35-/m0/s1. The summed E-state index contributed by atoms with van der Waals surface area (Å²) in [6, 6.07) is 21.2. The number of rotatable bonds is 18. The molecule has 1 fully saturated rings. The highest BCUT2D eigenvalue weighted by Crippen LogP contribution is 2.40. The van der Waals surface area contributed by atoms with Crippen LogP contribution < -0.4 is 45.9 Å². The number of benzene rings is 4. The highest BCUT2D eigenvalue weighted by Gasteiger charge is 2.25. The summed E-state index contributed by atoms with van der Waals surface area (Å²) in [4.78, 5) is 58.5. The summed E-state index contributed by atoms with van der Waals surface area (Å²) in [5.41, 5.74) is 7.83. The van der Waals surface area contributed by atoms with E-state index in [9.17, 15) is 27.6 Å². The number of carboxylic acid groups (broad SMARTS) is 1. The minimum Gasteiger partial charge on any atom is -0.496 e. The minimum absolute atomic E-state index is 0.0850. The molecule has 0 bridgehead atoms. The Kier molecular flexibility index (Phi) is 15.8. The molecule has 0 unspecified atom stereocenters. The number of nitrogens with one attached hydrogen (secondary N) is 5. The van der Waals surface area contributed by atoms with E-state index in [1.54, 1.807) is 65.7 Å². The molecule has 4 amide bonds. The van der Waals surface area contributed by atoms with Gasteiger partial charge in [-0.1, -0.05) is 45.0 Å². The number of hydrogen-bond donors (Lipinski definition) is 7. The van der Waals surface area contributed by atoms with Crippen LogP contribution in [0.4, 0.5) is 33.4 Å². The van der Waals surface area contributed by atoms with E-state index in [1.807, 2.05) is 45.0 Å². The van der Waals surface area contributed by atoms with Gasteiger partial charge in [0.1, 0.15) is 29.1 Å². The van der Waals surface area contributed by atoms with Crippen LogP contribution in [0.5, 0.6) is 23.0 Å². The molecule has 8 N–H and O–H groups in total. The second kappa shape index (κ2) is 21.4. The number of methoxy groups -OCH3 is 2. The molecule has 0 spiro atoms. The summed E-state index contributed by atoms with van der Waals surface area (Å²) in [6.07, 6.45) is 2.81. The van der Waals surface area contributed by atoms with Crippen molar-refractivity contribution in [3.8, 4) is 23.0 Å². The van der Waals surface area contributed by atoms with E-state index in [-0.39, 0.29) is 47.2 Å². The first-order valence-electron chi connectivity index (χ1n) is 21.5. The number of carbonyl (C=O) groups is 4. The fourth-order valence-electron chi connectivity index (χ4n) is 7.37. The molecule has 6 rings (SSSR count). The van der Waals surface area contributed by atoms with Crippen LogP contribution in [-0.4, -0.2) is 118 Å². The molecule has 20 heteroatoms.